The minimum Gasteiger partial charge on any atom is -0.374 e. The summed E-state index contributed by atoms with van der Waals surface area (Å²) in [4.78, 5) is 4.75. The lowest BCUT2D eigenvalue weighted by Crippen LogP contribution is -2.52. The molecule has 2 fully saturated rings. The van der Waals surface area contributed by atoms with E-state index < -0.39 is 10.0 Å². The Morgan fingerprint density at radius 3 is 1.74 bits per heavy atom. The Morgan fingerprint density at radius 1 is 0.846 bits per heavy atom. The average Bonchev–Trinajstić information content (AvgIpc) is 2.92. The summed E-state index contributed by atoms with van der Waals surface area (Å²) in [5.41, 5.74) is 8.68. The van der Waals surface area contributed by atoms with E-state index in [4.69, 9.17) is 15.2 Å². The Balaban J connectivity index is 0.000000272. The summed E-state index contributed by atoms with van der Waals surface area (Å²) < 4.78 is 37.1. The van der Waals surface area contributed by atoms with Crippen molar-refractivity contribution in [2.45, 2.75) is 71.5 Å². The van der Waals surface area contributed by atoms with Gasteiger partial charge in [-0.25, -0.2) is 13.1 Å². The van der Waals surface area contributed by atoms with E-state index in [2.05, 4.69) is 63.9 Å². The SMILES string of the molecule is C.CCC(N)C1CN(Cc2ccccc2)CCO1.CCC(NS(C)(=O)=O)C1CN(Cc2ccccc2)CCO1. The fourth-order valence-electron chi connectivity index (χ4n) is 4.90. The van der Waals surface area contributed by atoms with E-state index in [1.807, 2.05) is 25.1 Å². The number of hydrogen-bond acceptors (Lipinski definition) is 7. The van der Waals surface area contributed by atoms with E-state index in [1.54, 1.807) is 0 Å². The fraction of sp³-hybridized carbons (Fsp3) is 0.600. The first-order valence-electron chi connectivity index (χ1n) is 13.8. The van der Waals surface area contributed by atoms with E-state index in [1.165, 1.54) is 17.4 Å². The quantitative estimate of drug-likeness (QED) is 0.458. The molecule has 2 aliphatic heterocycles. The molecule has 3 N–H and O–H groups in total. The van der Waals surface area contributed by atoms with Gasteiger partial charge in [-0.2, -0.15) is 0 Å². The highest BCUT2D eigenvalue weighted by molar-refractivity contribution is 7.88. The molecule has 2 aliphatic rings. The molecule has 0 bridgehead atoms. The van der Waals surface area contributed by atoms with Crippen molar-refractivity contribution in [1.29, 1.82) is 0 Å². The number of nitrogens with two attached hydrogens (primary N) is 1. The lowest BCUT2D eigenvalue weighted by Gasteiger charge is -2.36. The molecule has 2 aromatic rings. The number of sulfonamides is 1. The largest absolute Gasteiger partial charge is 0.374 e. The van der Waals surface area contributed by atoms with Crippen molar-refractivity contribution < 1.29 is 17.9 Å². The van der Waals surface area contributed by atoms with Crippen LogP contribution in [0.3, 0.4) is 0 Å². The number of nitrogens with one attached hydrogen (secondary N) is 1. The third kappa shape index (κ3) is 12.0. The molecular weight excluding hydrogens is 512 g/mol. The first-order chi connectivity index (χ1) is 18.3. The second-order valence-corrected chi connectivity index (χ2v) is 12.0. The molecule has 0 spiro atoms. The first-order valence-corrected chi connectivity index (χ1v) is 15.6. The number of rotatable bonds is 10. The molecule has 9 heteroatoms. The van der Waals surface area contributed by atoms with E-state index in [0.717, 1.165) is 58.7 Å². The Kier molecular flexibility index (Phi) is 14.6. The van der Waals surface area contributed by atoms with E-state index >= 15 is 0 Å². The first kappa shape index (κ1) is 33.4. The van der Waals surface area contributed by atoms with Crippen LogP contribution in [0.15, 0.2) is 60.7 Å². The van der Waals surface area contributed by atoms with Crippen LogP contribution in [-0.2, 0) is 32.6 Å². The Hall–Kier alpha value is -1.85. The minimum absolute atomic E-state index is 0. The Morgan fingerprint density at radius 2 is 1.31 bits per heavy atom. The van der Waals surface area contributed by atoms with Gasteiger partial charge in [0.25, 0.3) is 0 Å². The number of morpholine rings is 2. The lowest BCUT2D eigenvalue weighted by atomic mass is 10.1. The van der Waals surface area contributed by atoms with Gasteiger partial charge in [-0.1, -0.05) is 81.9 Å². The van der Waals surface area contributed by atoms with Gasteiger partial charge in [-0.3, -0.25) is 9.80 Å². The van der Waals surface area contributed by atoms with E-state index in [0.29, 0.717) is 6.61 Å². The van der Waals surface area contributed by atoms with Gasteiger partial charge < -0.3 is 15.2 Å². The molecule has 2 heterocycles. The van der Waals surface area contributed by atoms with Gasteiger partial charge in [-0.05, 0) is 24.0 Å². The summed E-state index contributed by atoms with van der Waals surface area (Å²) in [6.45, 7) is 11.0. The number of ether oxygens (including phenoxy) is 2. The molecule has 0 radical (unpaired) electrons. The molecule has 0 saturated carbocycles. The summed E-state index contributed by atoms with van der Waals surface area (Å²) in [6.07, 6.45) is 2.99. The minimum atomic E-state index is -3.21. The standard InChI is InChI=1S/C15H24N2O3S.C14H22N2O.CH4/c1-3-14(16-21(2,18)19)15-12-17(9-10-20-15)11-13-7-5-4-6-8-13;1-2-13(15)14-11-16(8-9-17-14)10-12-6-4-3-5-7-12;/h4-8,14-16H,3,9-12H2,1-2H3;3-7,13-14H,2,8-11,15H2,1H3;1H4. The van der Waals surface area contributed by atoms with Gasteiger partial charge in [0, 0.05) is 51.4 Å². The van der Waals surface area contributed by atoms with Crippen LogP contribution in [0.1, 0.15) is 45.2 Å². The van der Waals surface area contributed by atoms with Crippen molar-refractivity contribution in [3.63, 3.8) is 0 Å². The molecule has 4 atom stereocenters. The van der Waals surface area contributed by atoms with Crippen LogP contribution in [0.5, 0.6) is 0 Å². The predicted molar refractivity (Wildman–Crippen MR) is 160 cm³/mol. The predicted octanol–water partition coefficient (Wildman–Crippen LogP) is 3.48. The highest BCUT2D eigenvalue weighted by Crippen LogP contribution is 2.15. The van der Waals surface area contributed by atoms with E-state index in [9.17, 15) is 8.42 Å². The highest BCUT2D eigenvalue weighted by atomic mass is 32.2. The van der Waals surface area contributed by atoms with Crippen molar-refractivity contribution >= 4 is 10.0 Å². The molecule has 0 amide bonds. The van der Waals surface area contributed by atoms with Crippen LogP contribution in [-0.4, -0.2) is 88.2 Å². The van der Waals surface area contributed by atoms with Crippen molar-refractivity contribution in [3.8, 4) is 0 Å². The molecule has 4 rings (SSSR count). The van der Waals surface area contributed by atoms with Gasteiger partial charge in [-0.15, -0.1) is 0 Å². The second-order valence-electron chi connectivity index (χ2n) is 10.2. The Bertz CT molecular complexity index is 1030. The molecule has 8 nitrogen and oxygen atoms in total. The molecule has 2 aromatic carbocycles. The van der Waals surface area contributed by atoms with Gasteiger partial charge in [0.05, 0.1) is 31.7 Å². The average molecular weight is 563 g/mol. The van der Waals surface area contributed by atoms with Gasteiger partial charge in [0.2, 0.25) is 10.0 Å². The summed E-state index contributed by atoms with van der Waals surface area (Å²) in [6, 6.07) is 20.9. The lowest BCUT2D eigenvalue weighted by molar-refractivity contribution is -0.0460. The second kappa shape index (κ2) is 17.1. The molecule has 4 unspecified atom stereocenters. The van der Waals surface area contributed by atoms with Crippen LogP contribution in [0, 0.1) is 0 Å². The maximum atomic E-state index is 11.4. The zero-order chi connectivity index (χ0) is 27.4. The zero-order valence-electron chi connectivity index (χ0n) is 23.2. The van der Waals surface area contributed by atoms with Crippen LogP contribution >= 0.6 is 0 Å². The molecule has 0 aliphatic carbocycles. The van der Waals surface area contributed by atoms with Crippen LogP contribution in [0.4, 0.5) is 0 Å². The van der Waals surface area contributed by atoms with Gasteiger partial charge >= 0.3 is 0 Å². The zero-order valence-corrected chi connectivity index (χ0v) is 24.0. The third-order valence-corrected chi connectivity index (χ3v) is 7.79. The van der Waals surface area contributed by atoms with Crippen LogP contribution in [0.2, 0.25) is 0 Å². The number of hydrogen-bond donors (Lipinski definition) is 2. The monoisotopic (exact) mass is 562 g/mol. The molecule has 220 valence electrons. The maximum absolute atomic E-state index is 11.4. The maximum Gasteiger partial charge on any atom is 0.209 e. The molecular formula is C30H50N4O4S. The topological polar surface area (TPSA) is 97.1 Å². The number of nitrogens with zero attached hydrogens (tertiary/aromatic N) is 2. The van der Waals surface area contributed by atoms with E-state index in [-0.39, 0.29) is 31.7 Å². The summed E-state index contributed by atoms with van der Waals surface area (Å²) in [7, 11) is -3.21. The van der Waals surface area contributed by atoms with Gasteiger partial charge in [0.1, 0.15) is 0 Å². The number of benzene rings is 2. The molecule has 2 saturated heterocycles. The van der Waals surface area contributed by atoms with Gasteiger partial charge in [0.15, 0.2) is 0 Å². The third-order valence-electron chi connectivity index (χ3n) is 7.06. The van der Waals surface area contributed by atoms with Crippen molar-refractivity contribution in [1.82, 2.24) is 14.5 Å². The molecule has 0 aromatic heterocycles. The van der Waals surface area contributed by atoms with Crippen molar-refractivity contribution in [2.75, 3.05) is 45.6 Å². The van der Waals surface area contributed by atoms with Crippen LogP contribution < -0.4 is 10.5 Å². The fourth-order valence-corrected chi connectivity index (χ4v) is 5.76. The Labute approximate surface area is 236 Å². The van der Waals surface area contributed by atoms with Crippen molar-refractivity contribution in [2.24, 2.45) is 5.73 Å². The smallest absolute Gasteiger partial charge is 0.209 e. The van der Waals surface area contributed by atoms with Crippen LogP contribution in [0.25, 0.3) is 0 Å². The van der Waals surface area contributed by atoms with Crippen molar-refractivity contribution in [3.05, 3.63) is 71.8 Å². The summed E-state index contributed by atoms with van der Waals surface area (Å²) in [5, 5.41) is 0. The highest BCUT2D eigenvalue weighted by Gasteiger charge is 2.29. The normalized spacial score (nSPS) is 22.2. The summed E-state index contributed by atoms with van der Waals surface area (Å²) >= 11 is 0. The molecule has 39 heavy (non-hydrogen) atoms. The summed E-state index contributed by atoms with van der Waals surface area (Å²) in [5.74, 6) is 0.